The zero-order valence-corrected chi connectivity index (χ0v) is 21.8. The fourth-order valence-corrected chi connectivity index (χ4v) is 5.67. The number of aryl methyl sites for hydroxylation is 1. The number of fused-ring (bicyclic) bond motifs is 3. The molecule has 5 aromatic rings. The Morgan fingerprint density at radius 2 is 2.00 bits per heavy atom. The van der Waals surface area contributed by atoms with Crippen LogP contribution >= 0.6 is 34.5 Å². The number of pyridine rings is 1. The molecule has 0 saturated carbocycles. The lowest BCUT2D eigenvalue weighted by Crippen LogP contribution is -2.43. The number of hydrogen-bond acceptors (Lipinski definition) is 6. The maximum absolute atomic E-state index is 15.2. The van der Waals surface area contributed by atoms with E-state index in [2.05, 4.69) is 10.1 Å². The largest absolute Gasteiger partial charge is 0.481 e. The Hall–Kier alpha value is -3.47. The van der Waals surface area contributed by atoms with Gasteiger partial charge in [-0.1, -0.05) is 40.6 Å². The number of ether oxygens (including phenoxy) is 1. The summed E-state index contributed by atoms with van der Waals surface area (Å²) in [7, 11) is 0. The van der Waals surface area contributed by atoms with Crippen LogP contribution in [-0.2, 0) is 11.2 Å². The van der Waals surface area contributed by atoms with E-state index in [-0.39, 0.29) is 28.4 Å². The number of carbonyl (C=O) groups excluding carboxylic acids is 1. The van der Waals surface area contributed by atoms with Gasteiger partial charge in [0.2, 0.25) is 4.96 Å². The van der Waals surface area contributed by atoms with E-state index in [0.717, 1.165) is 10.7 Å². The minimum Gasteiger partial charge on any atom is -0.481 e. The summed E-state index contributed by atoms with van der Waals surface area (Å²) in [5.74, 6) is 0.0507. The second-order valence-electron chi connectivity index (χ2n) is 8.50. The Morgan fingerprint density at radius 1 is 1.19 bits per heavy atom. The summed E-state index contributed by atoms with van der Waals surface area (Å²) in [4.78, 5) is 24.8. The average molecular weight is 557 g/mol. The molecular formula is C25H19Cl2FN6O2S. The monoisotopic (exact) mass is 556 g/mol. The molecule has 37 heavy (non-hydrogen) atoms. The van der Waals surface area contributed by atoms with Crippen molar-refractivity contribution in [1.82, 2.24) is 29.0 Å². The maximum Gasteiger partial charge on any atom is 0.261 e. The Bertz CT molecular complexity index is 1630. The van der Waals surface area contributed by atoms with Crippen LogP contribution in [-0.4, -0.2) is 48.1 Å². The molecule has 1 aliphatic heterocycles. The van der Waals surface area contributed by atoms with Gasteiger partial charge >= 0.3 is 0 Å². The first-order valence-electron chi connectivity index (χ1n) is 11.4. The van der Waals surface area contributed by atoms with Gasteiger partial charge in [0.15, 0.2) is 17.5 Å². The lowest BCUT2D eigenvalue weighted by atomic mass is 9.95. The van der Waals surface area contributed by atoms with E-state index < -0.39 is 11.9 Å². The maximum atomic E-state index is 15.2. The molecule has 0 saturated heterocycles. The summed E-state index contributed by atoms with van der Waals surface area (Å²) in [5, 5.41) is 5.79. The Morgan fingerprint density at radius 3 is 2.76 bits per heavy atom. The highest BCUT2D eigenvalue weighted by atomic mass is 35.5. The molecule has 0 N–H and O–H groups in total. The Balaban J connectivity index is 1.31. The third-order valence-corrected chi connectivity index (χ3v) is 7.50. The Kier molecular flexibility index (Phi) is 6.10. The van der Waals surface area contributed by atoms with Crippen LogP contribution in [0.2, 0.25) is 10.2 Å². The molecule has 5 heterocycles. The predicted octanol–water partition coefficient (Wildman–Crippen LogP) is 5.28. The second kappa shape index (κ2) is 9.44. The molecule has 0 bridgehead atoms. The molecule has 188 valence electrons. The zero-order valence-electron chi connectivity index (χ0n) is 19.4. The van der Waals surface area contributed by atoms with Crippen molar-refractivity contribution < 1.29 is 13.9 Å². The van der Waals surface area contributed by atoms with Crippen LogP contribution in [0.3, 0.4) is 0 Å². The van der Waals surface area contributed by atoms with E-state index in [4.69, 9.17) is 32.9 Å². The number of carbonyl (C=O) groups is 1. The number of benzene rings is 1. The van der Waals surface area contributed by atoms with Gasteiger partial charge in [0.25, 0.3) is 5.91 Å². The molecule has 0 aliphatic carbocycles. The summed E-state index contributed by atoms with van der Waals surface area (Å²) >= 11 is 13.8. The van der Waals surface area contributed by atoms with E-state index in [1.807, 2.05) is 36.0 Å². The van der Waals surface area contributed by atoms with Crippen molar-refractivity contribution in [3.63, 3.8) is 0 Å². The van der Waals surface area contributed by atoms with E-state index in [9.17, 15) is 4.79 Å². The molecule has 6 rings (SSSR count). The van der Waals surface area contributed by atoms with Crippen LogP contribution in [0.15, 0.2) is 54.9 Å². The van der Waals surface area contributed by atoms with Crippen LogP contribution in [0.25, 0.3) is 10.8 Å². The first kappa shape index (κ1) is 23.9. The standard InChI is InChI=1S/C25H19Cl2FN6O2S/c1-14-31-34-23-18(29-25(34)37-14)8-11-33(22(23)16-5-4-15(26)12-17(16)28)21(35)13-36-19-6-7-20(30-24(19)27)32-9-2-3-10-32/h2-7,9-10,12,22H,8,11,13H2,1H3. The highest BCUT2D eigenvalue weighted by Gasteiger charge is 2.38. The molecule has 1 unspecified atom stereocenters. The molecule has 0 spiro atoms. The smallest absolute Gasteiger partial charge is 0.261 e. The predicted molar refractivity (Wildman–Crippen MR) is 138 cm³/mol. The normalized spacial score (nSPS) is 15.2. The van der Waals surface area contributed by atoms with E-state index >= 15 is 4.39 Å². The highest BCUT2D eigenvalue weighted by molar-refractivity contribution is 7.16. The van der Waals surface area contributed by atoms with Crippen molar-refractivity contribution in [2.45, 2.75) is 19.4 Å². The highest BCUT2D eigenvalue weighted by Crippen LogP contribution is 2.38. The van der Waals surface area contributed by atoms with Crippen LogP contribution in [0, 0.1) is 12.7 Å². The first-order chi connectivity index (χ1) is 17.9. The van der Waals surface area contributed by atoms with Gasteiger partial charge in [-0.05, 0) is 43.3 Å². The third kappa shape index (κ3) is 4.35. The minimum absolute atomic E-state index is 0.135. The third-order valence-electron chi connectivity index (χ3n) is 6.17. The van der Waals surface area contributed by atoms with Crippen LogP contribution in [0.1, 0.15) is 28.0 Å². The minimum atomic E-state index is -0.752. The van der Waals surface area contributed by atoms with Gasteiger partial charge < -0.3 is 14.2 Å². The second-order valence-corrected chi connectivity index (χ2v) is 10.5. The van der Waals surface area contributed by atoms with Gasteiger partial charge in [-0.15, -0.1) is 0 Å². The zero-order chi connectivity index (χ0) is 25.7. The fraction of sp³-hybridized carbons (Fsp3) is 0.200. The number of imidazole rings is 1. The lowest BCUT2D eigenvalue weighted by Gasteiger charge is -2.35. The SMILES string of the molecule is Cc1nn2c3c(nc2s1)CCN(C(=O)COc1ccc(-n2cccc2)nc1Cl)C3c1ccc(Cl)cc1F. The molecule has 0 fully saturated rings. The summed E-state index contributed by atoms with van der Waals surface area (Å²) in [6.07, 6.45) is 4.21. The van der Waals surface area contributed by atoms with Crippen molar-refractivity contribution in [3.05, 3.63) is 92.8 Å². The summed E-state index contributed by atoms with van der Waals surface area (Å²) in [5.41, 5.74) is 1.76. The molecule has 1 aromatic carbocycles. The average Bonchev–Trinajstić information content (AvgIpc) is 3.59. The van der Waals surface area contributed by atoms with Gasteiger partial charge in [0.05, 0.1) is 11.4 Å². The van der Waals surface area contributed by atoms with Crippen LogP contribution in [0.4, 0.5) is 4.39 Å². The number of halogens is 3. The molecule has 1 amide bonds. The van der Waals surface area contributed by atoms with Crippen LogP contribution < -0.4 is 4.74 Å². The quantitative estimate of drug-likeness (QED) is 0.275. The first-order valence-corrected chi connectivity index (χ1v) is 13.0. The van der Waals surface area contributed by atoms with Crippen molar-refractivity contribution >= 4 is 45.4 Å². The van der Waals surface area contributed by atoms with Gasteiger partial charge in [0.1, 0.15) is 22.7 Å². The molecule has 0 radical (unpaired) electrons. The van der Waals surface area contributed by atoms with Crippen molar-refractivity contribution in [1.29, 1.82) is 0 Å². The molecule has 1 atom stereocenters. The number of hydrogen-bond donors (Lipinski definition) is 0. The van der Waals surface area contributed by atoms with E-state index in [0.29, 0.717) is 35.0 Å². The number of rotatable bonds is 5. The van der Waals surface area contributed by atoms with Gasteiger partial charge in [-0.2, -0.15) is 5.10 Å². The summed E-state index contributed by atoms with van der Waals surface area (Å²) in [6.45, 7) is 1.91. The van der Waals surface area contributed by atoms with E-state index in [1.54, 1.807) is 33.7 Å². The molecule has 1 aliphatic rings. The number of aromatic nitrogens is 5. The van der Waals surface area contributed by atoms with Gasteiger partial charge in [-0.25, -0.2) is 18.9 Å². The topological polar surface area (TPSA) is 77.5 Å². The van der Waals surface area contributed by atoms with Crippen LogP contribution in [0.5, 0.6) is 5.75 Å². The van der Waals surface area contributed by atoms with Gasteiger partial charge in [0, 0.05) is 35.9 Å². The van der Waals surface area contributed by atoms with Crippen molar-refractivity contribution in [3.8, 4) is 11.6 Å². The lowest BCUT2D eigenvalue weighted by molar-refractivity contribution is -0.135. The van der Waals surface area contributed by atoms with Crippen molar-refractivity contribution in [2.75, 3.05) is 13.2 Å². The summed E-state index contributed by atoms with van der Waals surface area (Å²) in [6, 6.07) is 10.9. The fourth-order valence-electron chi connectivity index (χ4n) is 4.54. The molecule has 8 nitrogen and oxygen atoms in total. The molecule has 12 heteroatoms. The number of amides is 1. The molecular weight excluding hydrogens is 538 g/mol. The molecule has 4 aromatic heterocycles. The number of nitrogens with zero attached hydrogens (tertiary/aromatic N) is 6. The van der Waals surface area contributed by atoms with E-state index in [1.165, 1.54) is 17.4 Å². The van der Waals surface area contributed by atoms with Crippen molar-refractivity contribution in [2.24, 2.45) is 0 Å². The summed E-state index contributed by atoms with van der Waals surface area (Å²) < 4.78 is 24.5. The Labute approximate surface area is 224 Å². The van der Waals surface area contributed by atoms with Gasteiger partial charge in [-0.3, -0.25) is 4.79 Å².